The summed E-state index contributed by atoms with van der Waals surface area (Å²) in [4.78, 5) is 0. The molecule has 2 aromatic rings. The highest BCUT2D eigenvalue weighted by molar-refractivity contribution is 5.74. The first-order valence-corrected chi connectivity index (χ1v) is 6.17. The largest absolute Gasteiger partial charge is 0.417 e. The van der Waals surface area contributed by atoms with Crippen LogP contribution in [0.15, 0.2) is 42.5 Å². The molecule has 2 aromatic carbocycles. The highest BCUT2D eigenvalue weighted by atomic mass is 19.4. The third kappa shape index (κ3) is 2.67. The zero-order chi connectivity index (χ0) is 14.8. The van der Waals surface area contributed by atoms with Gasteiger partial charge in [0.15, 0.2) is 0 Å². The second-order valence-corrected chi connectivity index (χ2v) is 4.39. The molecule has 4 heteroatoms. The van der Waals surface area contributed by atoms with Crippen LogP contribution in [0.4, 0.5) is 13.2 Å². The normalized spacial score (nSPS) is 11.2. The minimum atomic E-state index is -4.48. The Morgan fingerprint density at radius 2 is 1.70 bits per heavy atom. The summed E-state index contributed by atoms with van der Waals surface area (Å²) in [5.74, 6) is 0. The molecule has 0 aliphatic heterocycles. The minimum Gasteiger partial charge on any atom is -0.192 e. The third-order valence-electron chi connectivity index (χ3n) is 3.14. The Labute approximate surface area is 115 Å². The first-order valence-electron chi connectivity index (χ1n) is 6.17. The van der Waals surface area contributed by atoms with E-state index >= 15 is 0 Å². The molecule has 0 saturated carbocycles. The summed E-state index contributed by atoms with van der Waals surface area (Å²) in [7, 11) is 0. The van der Waals surface area contributed by atoms with Gasteiger partial charge in [0.2, 0.25) is 0 Å². The number of hydrogen-bond donors (Lipinski definition) is 0. The van der Waals surface area contributed by atoms with Gasteiger partial charge < -0.3 is 0 Å². The van der Waals surface area contributed by atoms with Crippen molar-refractivity contribution < 1.29 is 13.2 Å². The van der Waals surface area contributed by atoms with Crippen LogP contribution in [0.25, 0.3) is 11.1 Å². The van der Waals surface area contributed by atoms with Gasteiger partial charge in [-0.05, 0) is 29.7 Å². The number of alkyl halides is 3. The molecule has 0 N–H and O–H groups in total. The van der Waals surface area contributed by atoms with Crippen molar-refractivity contribution in [3.63, 3.8) is 0 Å². The smallest absolute Gasteiger partial charge is 0.192 e. The summed E-state index contributed by atoms with van der Waals surface area (Å²) in [5, 5.41) is 9.05. The Hall–Kier alpha value is -2.28. The SMILES string of the molecule is CCc1ccc(-c2c(C#N)cccc2C(F)(F)F)cc1. The van der Waals surface area contributed by atoms with Crippen LogP contribution in [-0.4, -0.2) is 0 Å². The Bertz CT molecular complexity index is 649. The van der Waals surface area contributed by atoms with Gasteiger partial charge in [-0.25, -0.2) is 0 Å². The van der Waals surface area contributed by atoms with E-state index in [0.717, 1.165) is 18.1 Å². The van der Waals surface area contributed by atoms with Crippen molar-refractivity contribution in [2.45, 2.75) is 19.5 Å². The van der Waals surface area contributed by atoms with E-state index in [1.807, 2.05) is 13.0 Å². The number of nitriles is 1. The molecule has 0 aliphatic carbocycles. The molecule has 2 rings (SSSR count). The Balaban J connectivity index is 2.67. The first-order chi connectivity index (χ1) is 9.47. The molecule has 0 atom stereocenters. The van der Waals surface area contributed by atoms with Crippen molar-refractivity contribution in [3.8, 4) is 17.2 Å². The molecule has 0 unspecified atom stereocenters. The maximum Gasteiger partial charge on any atom is 0.417 e. The zero-order valence-electron chi connectivity index (χ0n) is 10.8. The van der Waals surface area contributed by atoms with Gasteiger partial charge in [-0.15, -0.1) is 0 Å². The topological polar surface area (TPSA) is 23.8 Å². The van der Waals surface area contributed by atoms with E-state index in [4.69, 9.17) is 5.26 Å². The van der Waals surface area contributed by atoms with Crippen LogP contribution in [0.5, 0.6) is 0 Å². The van der Waals surface area contributed by atoms with Gasteiger partial charge >= 0.3 is 6.18 Å². The predicted molar refractivity (Wildman–Crippen MR) is 71.0 cm³/mol. The van der Waals surface area contributed by atoms with E-state index in [-0.39, 0.29) is 11.1 Å². The molecule has 1 nitrogen and oxygen atoms in total. The fourth-order valence-corrected chi connectivity index (χ4v) is 2.10. The minimum absolute atomic E-state index is 0.0315. The number of rotatable bonds is 2. The first kappa shape index (κ1) is 14.1. The molecule has 0 saturated heterocycles. The van der Waals surface area contributed by atoms with E-state index in [2.05, 4.69) is 0 Å². The fourth-order valence-electron chi connectivity index (χ4n) is 2.10. The highest BCUT2D eigenvalue weighted by Gasteiger charge is 2.34. The number of halogens is 3. The summed E-state index contributed by atoms with van der Waals surface area (Å²) in [5.41, 5.74) is 0.651. The summed E-state index contributed by atoms with van der Waals surface area (Å²) in [6.07, 6.45) is -3.67. The molecule has 0 spiro atoms. The zero-order valence-corrected chi connectivity index (χ0v) is 10.8. The summed E-state index contributed by atoms with van der Waals surface area (Å²) in [6.45, 7) is 1.97. The van der Waals surface area contributed by atoms with E-state index in [0.29, 0.717) is 5.56 Å². The molecular formula is C16H12F3N. The lowest BCUT2D eigenvalue weighted by Gasteiger charge is -2.14. The highest BCUT2D eigenvalue weighted by Crippen LogP contribution is 2.38. The van der Waals surface area contributed by atoms with Crippen LogP contribution >= 0.6 is 0 Å². The lowest BCUT2D eigenvalue weighted by atomic mass is 9.93. The summed E-state index contributed by atoms with van der Waals surface area (Å²) >= 11 is 0. The van der Waals surface area contributed by atoms with Crippen LogP contribution < -0.4 is 0 Å². The molecule has 0 bridgehead atoms. The van der Waals surface area contributed by atoms with Crippen molar-refractivity contribution in [2.24, 2.45) is 0 Å². The number of nitrogens with zero attached hydrogens (tertiary/aromatic N) is 1. The standard InChI is InChI=1S/C16H12F3N/c1-2-11-6-8-12(9-7-11)15-13(10-20)4-3-5-14(15)16(17,18)19/h3-9H,2H2,1H3. The van der Waals surface area contributed by atoms with Crippen molar-refractivity contribution in [3.05, 3.63) is 59.2 Å². The molecule has 102 valence electrons. The number of benzene rings is 2. The molecule has 0 fully saturated rings. The van der Waals surface area contributed by atoms with Crippen molar-refractivity contribution in [1.29, 1.82) is 5.26 Å². The molecule has 0 amide bonds. The fraction of sp³-hybridized carbons (Fsp3) is 0.188. The van der Waals surface area contributed by atoms with Gasteiger partial charge in [-0.1, -0.05) is 37.3 Å². The number of hydrogen-bond acceptors (Lipinski definition) is 1. The van der Waals surface area contributed by atoms with E-state index in [9.17, 15) is 13.2 Å². The lowest BCUT2D eigenvalue weighted by Crippen LogP contribution is -2.08. The maximum atomic E-state index is 13.1. The lowest BCUT2D eigenvalue weighted by molar-refractivity contribution is -0.137. The Morgan fingerprint density at radius 1 is 1.05 bits per heavy atom. The van der Waals surface area contributed by atoms with Crippen molar-refractivity contribution in [2.75, 3.05) is 0 Å². The molecule has 0 aromatic heterocycles. The second kappa shape index (κ2) is 5.38. The van der Waals surface area contributed by atoms with E-state index in [1.165, 1.54) is 12.1 Å². The molecule has 0 aliphatic rings. The average Bonchev–Trinajstić information content (AvgIpc) is 2.45. The van der Waals surface area contributed by atoms with Crippen LogP contribution in [0.3, 0.4) is 0 Å². The third-order valence-corrected chi connectivity index (χ3v) is 3.14. The Morgan fingerprint density at radius 3 is 2.20 bits per heavy atom. The van der Waals surface area contributed by atoms with Gasteiger partial charge in [-0.2, -0.15) is 18.4 Å². The van der Waals surface area contributed by atoms with Gasteiger partial charge in [0.25, 0.3) is 0 Å². The predicted octanol–water partition coefficient (Wildman–Crippen LogP) is 4.81. The summed E-state index contributed by atoms with van der Waals surface area (Å²) < 4.78 is 39.3. The summed E-state index contributed by atoms with van der Waals surface area (Å²) in [6, 6.07) is 12.3. The van der Waals surface area contributed by atoms with E-state index < -0.39 is 11.7 Å². The number of aryl methyl sites for hydroxylation is 1. The van der Waals surface area contributed by atoms with Crippen LogP contribution in [0, 0.1) is 11.3 Å². The van der Waals surface area contributed by atoms with Gasteiger partial charge in [0.1, 0.15) is 0 Å². The van der Waals surface area contributed by atoms with Crippen molar-refractivity contribution >= 4 is 0 Å². The molecular weight excluding hydrogens is 263 g/mol. The maximum absolute atomic E-state index is 13.1. The van der Waals surface area contributed by atoms with E-state index in [1.54, 1.807) is 24.3 Å². The van der Waals surface area contributed by atoms with Crippen LogP contribution in [0.1, 0.15) is 23.6 Å². The van der Waals surface area contributed by atoms with Gasteiger partial charge in [0, 0.05) is 5.56 Å². The van der Waals surface area contributed by atoms with Gasteiger partial charge in [0.05, 0.1) is 17.2 Å². The second-order valence-electron chi connectivity index (χ2n) is 4.39. The molecule has 20 heavy (non-hydrogen) atoms. The molecule has 0 radical (unpaired) electrons. The average molecular weight is 275 g/mol. The Kier molecular flexibility index (Phi) is 3.80. The molecule has 0 heterocycles. The van der Waals surface area contributed by atoms with Crippen LogP contribution in [-0.2, 0) is 12.6 Å². The van der Waals surface area contributed by atoms with Crippen molar-refractivity contribution in [1.82, 2.24) is 0 Å². The quantitative estimate of drug-likeness (QED) is 0.771. The van der Waals surface area contributed by atoms with Gasteiger partial charge in [-0.3, -0.25) is 0 Å². The monoisotopic (exact) mass is 275 g/mol. The van der Waals surface area contributed by atoms with Crippen LogP contribution in [0.2, 0.25) is 0 Å².